The number of urea groups is 1. The number of aryl methyl sites for hydroxylation is 1. The fourth-order valence-electron chi connectivity index (χ4n) is 3.72. The first-order valence-corrected chi connectivity index (χ1v) is 11.7. The molecule has 35 heavy (non-hydrogen) atoms. The molecule has 3 aromatic carbocycles. The fourth-order valence-corrected chi connectivity index (χ4v) is 4.10. The van der Waals surface area contributed by atoms with E-state index >= 15 is 0 Å². The Kier molecular flexibility index (Phi) is 7.24. The first kappa shape index (κ1) is 24.5. The Morgan fingerprint density at radius 2 is 1.71 bits per heavy atom. The molecule has 8 heteroatoms. The summed E-state index contributed by atoms with van der Waals surface area (Å²) in [5.74, 6) is -0.895. The third kappa shape index (κ3) is 5.24. The second-order valence-electron chi connectivity index (χ2n) is 7.96. The lowest BCUT2D eigenvalue weighted by molar-refractivity contribution is -0.122. The van der Waals surface area contributed by atoms with Crippen molar-refractivity contribution in [1.29, 1.82) is 0 Å². The number of hydrogen-bond acceptors (Lipinski definition) is 4. The van der Waals surface area contributed by atoms with Crippen molar-refractivity contribution < 1.29 is 19.1 Å². The topological polar surface area (TPSA) is 75.7 Å². The number of anilines is 1. The molecule has 0 spiro atoms. The molecule has 0 bridgehead atoms. The summed E-state index contributed by atoms with van der Waals surface area (Å²) in [5.41, 5.74) is 3.33. The predicted molar refractivity (Wildman–Crippen MR) is 137 cm³/mol. The Morgan fingerprint density at radius 1 is 0.943 bits per heavy atom. The number of barbiturate groups is 1. The number of carbonyl (C=O) groups excluding carboxylic acids is 3. The molecule has 1 heterocycles. The van der Waals surface area contributed by atoms with E-state index in [-0.39, 0.29) is 11.3 Å². The van der Waals surface area contributed by atoms with E-state index in [1.54, 1.807) is 24.3 Å². The molecule has 0 radical (unpaired) electrons. The lowest BCUT2D eigenvalue weighted by Gasteiger charge is -2.26. The average molecular weight is 509 g/mol. The summed E-state index contributed by atoms with van der Waals surface area (Å²) in [4.78, 5) is 39.1. The second-order valence-corrected chi connectivity index (χ2v) is 8.77. The minimum absolute atomic E-state index is 0.178. The highest BCUT2D eigenvalue weighted by Crippen LogP contribution is 2.29. The molecular formula is C27H22Cl2N2O4. The Bertz CT molecular complexity index is 1370. The molecule has 0 saturated carbocycles. The van der Waals surface area contributed by atoms with E-state index in [1.807, 2.05) is 44.2 Å². The van der Waals surface area contributed by atoms with E-state index in [4.69, 9.17) is 27.9 Å². The van der Waals surface area contributed by atoms with Gasteiger partial charge in [0.25, 0.3) is 11.8 Å². The van der Waals surface area contributed by atoms with Gasteiger partial charge in [-0.05, 0) is 66.4 Å². The van der Waals surface area contributed by atoms with Crippen LogP contribution in [0.1, 0.15) is 29.2 Å². The molecule has 1 aliphatic heterocycles. The van der Waals surface area contributed by atoms with Gasteiger partial charge in [0.2, 0.25) is 0 Å². The molecule has 1 aliphatic rings. The van der Waals surface area contributed by atoms with Gasteiger partial charge < -0.3 is 4.74 Å². The zero-order chi connectivity index (χ0) is 25.1. The molecule has 178 valence electrons. The summed E-state index contributed by atoms with van der Waals surface area (Å²) >= 11 is 12.5. The number of nitrogens with one attached hydrogen (secondary N) is 1. The van der Waals surface area contributed by atoms with Crippen molar-refractivity contribution in [3.05, 3.63) is 98.5 Å². The number of carbonyl (C=O) groups is 3. The molecule has 0 aliphatic carbocycles. The van der Waals surface area contributed by atoms with E-state index < -0.39 is 17.8 Å². The Hall–Kier alpha value is -3.61. The van der Waals surface area contributed by atoms with Gasteiger partial charge in [-0.2, -0.15) is 0 Å². The van der Waals surface area contributed by atoms with Crippen LogP contribution < -0.4 is 15.0 Å². The van der Waals surface area contributed by atoms with Crippen LogP contribution in [-0.4, -0.2) is 24.5 Å². The van der Waals surface area contributed by atoms with Crippen molar-refractivity contribution in [3.63, 3.8) is 0 Å². The van der Waals surface area contributed by atoms with E-state index in [0.29, 0.717) is 34.4 Å². The largest absolute Gasteiger partial charge is 0.494 e. The van der Waals surface area contributed by atoms with Crippen LogP contribution in [0.25, 0.3) is 6.08 Å². The van der Waals surface area contributed by atoms with E-state index in [2.05, 4.69) is 5.32 Å². The normalized spacial score (nSPS) is 14.9. The molecule has 4 rings (SSSR count). The van der Waals surface area contributed by atoms with Crippen LogP contribution in [0.15, 0.2) is 66.2 Å². The smallest absolute Gasteiger partial charge is 0.335 e. The van der Waals surface area contributed by atoms with Gasteiger partial charge in [-0.3, -0.25) is 14.9 Å². The van der Waals surface area contributed by atoms with Crippen LogP contribution in [0.5, 0.6) is 5.75 Å². The summed E-state index contributed by atoms with van der Waals surface area (Å²) in [5, 5.41) is 3.29. The van der Waals surface area contributed by atoms with Crippen molar-refractivity contribution in [2.45, 2.75) is 20.3 Å². The van der Waals surface area contributed by atoms with Crippen LogP contribution in [0.2, 0.25) is 10.0 Å². The average Bonchev–Trinajstić information content (AvgIpc) is 2.82. The third-order valence-electron chi connectivity index (χ3n) is 5.56. The van der Waals surface area contributed by atoms with E-state index in [1.165, 1.54) is 12.1 Å². The zero-order valence-electron chi connectivity index (χ0n) is 19.1. The summed E-state index contributed by atoms with van der Waals surface area (Å²) < 4.78 is 5.83. The summed E-state index contributed by atoms with van der Waals surface area (Å²) in [6.45, 7) is 4.12. The Morgan fingerprint density at radius 3 is 2.43 bits per heavy atom. The van der Waals surface area contributed by atoms with Crippen LogP contribution in [-0.2, 0) is 16.0 Å². The number of hydrogen-bond donors (Lipinski definition) is 1. The van der Waals surface area contributed by atoms with Gasteiger partial charge in [-0.1, -0.05) is 59.6 Å². The van der Waals surface area contributed by atoms with Gasteiger partial charge in [0.05, 0.1) is 12.3 Å². The molecule has 1 N–H and O–H groups in total. The first-order valence-electron chi connectivity index (χ1n) is 10.9. The summed E-state index contributed by atoms with van der Waals surface area (Å²) in [6.07, 6.45) is 2.00. The molecule has 0 unspecified atom stereocenters. The lowest BCUT2D eigenvalue weighted by atomic mass is 10.0. The molecule has 4 amide bonds. The molecule has 1 saturated heterocycles. The van der Waals surface area contributed by atoms with Gasteiger partial charge in [-0.25, -0.2) is 9.69 Å². The van der Waals surface area contributed by atoms with Gasteiger partial charge in [-0.15, -0.1) is 0 Å². The number of benzene rings is 3. The highest BCUT2D eigenvalue weighted by Gasteiger charge is 2.37. The second kappa shape index (κ2) is 10.3. The number of nitrogens with zero attached hydrogens (tertiary/aromatic N) is 1. The minimum Gasteiger partial charge on any atom is -0.494 e. The maximum atomic E-state index is 13.2. The van der Waals surface area contributed by atoms with Crippen LogP contribution in [0.4, 0.5) is 10.5 Å². The van der Waals surface area contributed by atoms with E-state index in [0.717, 1.165) is 21.6 Å². The fraction of sp³-hybridized carbons (Fsp3) is 0.148. The highest BCUT2D eigenvalue weighted by atomic mass is 35.5. The molecule has 0 aromatic heterocycles. The maximum absolute atomic E-state index is 13.2. The number of ether oxygens (including phenoxy) is 1. The first-order chi connectivity index (χ1) is 16.8. The van der Waals surface area contributed by atoms with Crippen LogP contribution >= 0.6 is 23.2 Å². The third-order valence-corrected chi connectivity index (χ3v) is 6.33. The predicted octanol–water partition coefficient (Wildman–Crippen LogP) is 5.96. The van der Waals surface area contributed by atoms with Gasteiger partial charge in [0.15, 0.2) is 0 Å². The standard InChI is InChI=1S/C27H22Cl2N2O4/c1-3-35-24-13-17(9-10-19(24)14-18-6-4-5-7-22(18)28)12-21-25(32)30-27(34)31(26(21)33)20-11-8-16(2)23(29)15-20/h4-13,15H,3,14H2,1-2H3,(H,30,32,34)/b21-12+. The summed E-state index contributed by atoms with van der Waals surface area (Å²) in [7, 11) is 0. The molecule has 3 aromatic rings. The number of imide groups is 2. The van der Waals surface area contributed by atoms with Gasteiger partial charge in [0.1, 0.15) is 11.3 Å². The molecule has 6 nitrogen and oxygen atoms in total. The zero-order valence-corrected chi connectivity index (χ0v) is 20.6. The van der Waals surface area contributed by atoms with Crippen molar-refractivity contribution in [2.24, 2.45) is 0 Å². The van der Waals surface area contributed by atoms with E-state index in [9.17, 15) is 14.4 Å². The van der Waals surface area contributed by atoms with Gasteiger partial charge >= 0.3 is 6.03 Å². The Labute approximate surface area is 213 Å². The molecule has 1 fully saturated rings. The molecular weight excluding hydrogens is 487 g/mol. The minimum atomic E-state index is -0.831. The summed E-state index contributed by atoms with van der Waals surface area (Å²) in [6, 6.07) is 17.0. The van der Waals surface area contributed by atoms with Crippen molar-refractivity contribution >= 4 is 52.8 Å². The Balaban J connectivity index is 1.68. The van der Waals surface area contributed by atoms with Crippen LogP contribution in [0, 0.1) is 6.92 Å². The number of amides is 4. The lowest BCUT2D eigenvalue weighted by Crippen LogP contribution is -2.54. The highest BCUT2D eigenvalue weighted by molar-refractivity contribution is 6.39. The number of halogens is 2. The SMILES string of the molecule is CCOc1cc(/C=C2\C(=O)NC(=O)N(c3ccc(C)c(Cl)c3)C2=O)ccc1Cc1ccccc1Cl. The van der Waals surface area contributed by atoms with Crippen molar-refractivity contribution in [1.82, 2.24) is 5.32 Å². The maximum Gasteiger partial charge on any atom is 0.335 e. The monoisotopic (exact) mass is 508 g/mol. The quantitative estimate of drug-likeness (QED) is 0.329. The van der Waals surface area contributed by atoms with Crippen LogP contribution in [0.3, 0.4) is 0 Å². The van der Waals surface area contributed by atoms with Gasteiger partial charge in [0, 0.05) is 16.5 Å². The molecule has 0 atom stereocenters. The van der Waals surface area contributed by atoms with Crippen molar-refractivity contribution in [2.75, 3.05) is 11.5 Å². The number of rotatable bonds is 6. The van der Waals surface area contributed by atoms with Crippen molar-refractivity contribution in [3.8, 4) is 5.75 Å².